The third-order valence-electron chi connectivity index (χ3n) is 3.71. The van der Waals surface area contributed by atoms with E-state index in [9.17, 15) is 0 Å². The third kappa shape index (κ3) is 3.46. The summed E-state index contributed by atoms with van der Waals surface area (Å²) in [6, 6.07) is 16.7. The highest BCUT2D eigenvalue weighted by molar-refractivity contribution is 5.76. The maximum atomic E-state index is 5.03. The van der Waals surface area contributed by atoms with E-state index in [1.165, 1.54) is 11.1 Å². The minimum absolute atomic E-state index is 0.0583. The van der Waals surface area contributed by atoms with Crippen LogP contribution in [0.1, 0.15) is 40.5 Å². The maximum absolute atomic E-state index is 5.03. The summed E-state index contributed by atoms with van der Waals surface area (Å²) < 4.78 is 9.94. The van der Waals surface area contributed by atoms with Crippen molar-refractivity contribution in [2.75, 3.05) is 14.2 Å². The molecule has 0 spiro atoms. The second-order valence-electron chi connectivity index (χ2n) is 5.48. The molecule has 2 aromatic rings. The van der Waals surface area contributed by atoms with Gasteiger partial charge in [0.2, 0.25) is 7.11 Å². The van der Waals surface area contributed by atoms with Crippen molar-refractivity contribution in [1.82, 2.24) is 0 Å². The van der Waals surface area contributed by atoms with Crippen molar-refractivity contribution in [3.8, 4) is 0 Å². The summed E-state index contributed by atoms with van der Waals surface area (Å²) in [5, 5.41) is 0. The largest absolute Gasteiger partial charge is 0.319 e. The lowest BCUT2D eigenvalue weighted by atomic mass is 9.78. The van der Waals surface area contributed by atoms with Gasteiger partial charge in [-0.15, -0.1) is 12.1 Å². The van der Waals surface area contributed by atoms with Crippen molar-refractivity contribution in [2.24, 2.45) is 0 Å². The molecule has 21 heavy (non-hydrogen) atoms. The highest BCUT2D eigenvalue weighted by atomic mass is 16.4. The SMILES string of the molecule is C[O+]=[C-]c1ccc(C(C)(C)c2ccc(C=[O+]C)cc2)cc1. The minimum atomic E-state index is -0.0583. The number of benzene rings is 2. The van der Waals surface area contributed by atoms with E-state index in [-0.39, 0.29) is 5.41 Å². The van der Waals surface area contributed by atoms with Crippen molar-refractivity contribution in [2.45, 2.75) is 19.3 Å². The third-order valence-corrected chi connectivity index (χ3v) is 3.71. The van der Waals surface area contributed by atoms with E-state index < -0.39 is 0 Å². The zero-order chi connectivity index (χ0) is 15.3. The van der Waals surface area contributed by atoms with Crippen LogP contribution in [0.15, 0.2) is 48.5 Å². The van der Waals surface area contributed by atoms with Gasteiger partial charge in [0, 0.05) is 5.41 Å². The Hall–Kier alpha value is -2.22. The van der Waals surface area contributed by atoms with Gasteiger partial charge >= 0.3 is 6.29 Å². The van der Waals surface area contributed by atoms with Crippen LogP contribution in [-0.4, -0.2) is 26.8 Å². The molecular weight excluding hydrogens is 260 g/mol. The normalized spacial score (nSPS) is 12.4. The van der Waals surface area contributed by atoms with Gasteiger partial charge in [-0.1, -0.05) is 37.1 Å². The van der Waals surface area contributed by atoms with E-state index in [4.69, 9.17) is 8.85 Å². The molecule has 2 rings (SSSR count). The molecule has 108 valence electrons. The lowest BCUT2D eigenvalue weighted by Crippen LogP contribution is -2.18. The lowest BCUT2D eigenvalue weighted by molar-refractivity contribution is -0.217. The zero-order valence-corrected chi connectivity index (χ0v) is 13.0. The number of rotatable bonds is 4. The second kappa shape index (κ2) is 6.49. The Morgan fingerprint density at radius 2 is 1.38 bits per heavy atom. The van der Waals surface area contributed by atoms with Crippen molar-refractivity contribution < 1.29 is 8.85 Å². The van der Waals surface area contributed by atoms with Crippen LogP contribution in [0.25, 0.3) is 0 Å². The van der Waals surface area contributed by atoms with E-state index in [0.717, 1.165) is 11.1 Å². The molecular formula is C19H21O2+. The Bertz CT molecular complexity index is 575. The van der Waals surface area contributed by atoms with Gasteiger partial charge in [0.1, 0.15) is 0 Å². The molecule has 0 aliphatic rings. The van der Waals surface area contributed by atoms with Gasteiger partial charge < -0.3 is 4.42 Å². The van der Waals surface area contributed by atoms with Gasteiger partial charge in [0.25, 0.3) is 13.4 Å². The Balaban J connectivity index is 2.31. The Kier molecular flexibility index (Phi) is 4.69. The summed E-state index contributed by atoms with van der Waals surface area (Å²) in [5.41, 5.74) is 4.48. The Labute approximate surface area is 126 Å². The van der Waals surface area contributed by atoms with E-state index in [0.29, 0.717) is 0 Å². The van der Waals surface area contributed by atoms with Crippen molar-refractivity contribution in [3.05, 3.63) is 70.8 Å². The van der Waals surface area contributed by atoms with Crippen molar-refractivity contribution >= 4 is 12.6 Å². The molecule has 2 aromatic carbocycles. The topological polar surface area (TPSA) is 22.6 Å². The fourth-order valence-electron chi connectivity index (χ4n) is 2.35. The number of carbonyl (C=O) groups excluding carboxylic acids is 2. The highest BCUT2D eigenvalue weighted by Gasteiger charge is 2.21. The molecule has 0 fully saturated rings. The first-order valence-corrected chi connectivity index (χ1v) is 6.94. The number of aldehydes is 1. The first-order valence-electron chi connectivity index (χ1n) is 6.94. The lowest BCUT2D eigenvalue weighted by Gasteiger charge is -2.27. The first-order chi connectivity index (χ1) is 10.1. The molecule has 0 aliphatic carbocycles. The van der Waals surface area contributed by atoms with Crippen molar-refractivity contribution in [3.63, 3.8) is 0 Å². The predicted octanol–water partition coefficient (Wildman–Crippen LogP) is 3.61. The van der Waals surface area contributed by atoms with Crippen LogP contribution in [0.4, 0.5) is 0 Å². The molecule has 0 amide bonds. The van der Waals surface area contributed by atoms with Crippen LogP contribution in [0.2, 0.25) is 0 Å². The quantitative estimate of drug-likeness (QED) is 0.464. The molecule has 0 saturated carbocycles. The van der Waals surface area contributed by atoms with Crippen LogP contribution < -0.4 is 0 Å². The van der Waals surface area contributed by atoms with Gasteiger partial charge in [0.05, 0.1) is 5.56 Å². The summed E-state index contributed by atoms with van der Waals surface area (Å²) >= 11 is 0. The summed E-state index contributed by atoms with van der Waals surface area (Å²) in [6.45, 7) is 4.45. The average Bonchev–Trinajstić information content (AvgIpc) is 2.49. The Morgan fingerprint density at radius 3 is 1.86 bits per heavy atom. The summed E-state index contributed by atoms with van der Waals surface area (Å²) in [6.07, 6.45) is 4.57. The smallest absolute Gasteiger partial charge is 0.315 e. The fraction of sp³-hybridized carbons (Fsp3) is 0.263. The van der Waals surface area contributed by atoms with Crippen LogP contribution >= 0.6 is 0 Å². The predicted molar refractivity (Wildman–Crippen MR) is 87.0 cm³/mol. The van der Waals surface area contributed by atoms with Crippen molar-refractivity contribution in [1.29, 1.82) is 0 Å². The number of hydrogen-bond donors (Lipinski definition) is 0. The molecule has 0 unspecified atom stereocenters. The number of hydrogen-bond acceptors (Lipinski definition) is 0. The molecule has 2 heteroatoms. The minimum Gasteiger partial charge on any atom is -0.319 e. The van der Waals surface area contributed by atoms with Gasteiger partial charge in [-0.25, -0.2) is 0 Å². The van der Waals surface area contributed by atoms with Crippen LogP contribution in [0.5, 0.6) is 0 Å². The average molecular weight is 281 g/mol. The van der Waals surface area contributed by atoms with E-state index >= 15 is 0 Å². The van der Waals surface area contributed by atoms with E-state index in [1.54, 1.807) is 20.5 Å². The molecule has 0 saturated heterocycles. The first kappa shape index (κ1) is 15.2. The summed E-state index contributed by atoms with van der Waals surface area (Å²) in [5.74, 6) is 0. The molecule has 2 nitrogen and oxygen atoms in total. The summed E-state index contributed by atoms with van der Waals surface area (Å²) in [4.78, 5) is 0. The second-order valence-corrected chi connectivity index (χ2v) is 5.48. The zero-order valence-electron chi connectivity index (χ0n) is 13.0. The van der Waals surface area contributed by atoms with Crippen LogP contribution in [0.3, 0.4) is 0 Å². The summed E-state index contributed by atoms with van der Waals surface area (Å²) in [7, 11) is 3.27. The van der Waals surface area contributed by atoms with E-state index in [2.05, 4.69) is 56.5 Å². The molecule has 0 bridgehead atoms. The van der Waals surface area contributed by atoms with Crippen LogP contribution in [-0.2, 0) is 9.84 Å². The molecule has 0 aromatic heterocycles. The monoisotopic (exact) mass is 281 g/mol. The van der Waals surface area contributed by atoms with Gasteiger partial charge in [-0.05, 0) is 17.7 Å². The van der Waals surface area contributed by atoms with E-state index in [1.807, 2.05) is 12.1 Å². The van der Waals surface area contributed by atoms with Gasteiger partial charge in [-0.3, -0.25) is 4.42 Å². The van der Waals surface area contributed by atoms with Crippen LogP contribution in [0, 0.1) is 0 Å². The fourth-order valence-corrected chi connectivity index (χ4v) is 2.35. The Morgan fingerprint density at radius 1 is 0.857 bits per heavy atom. The standard InChI is InChI=1S/C19H21O2/c1-19(2,17-9-5-15(6-10-17)13-20-3)18-11-7-16(8-12-18)14-21-4/h5-13H,1-4H3/q+1. The highest BCUT2D eigenvalue weighted by Crippen LogP contribution is 2.31. The molecule has 0 N–H and O–H groups in total. The van der Waals surface area contributed by atoms with Gasteiger partial charge in [-0.2, -0.15) is 12.1 Å². The molecule has 0 aliphatic heterocycles. The molecule has 0 atom stereocenters. The molecule has 0 radical (unpaired) electrons. The maximum Gasteiger partial charge on any atom is 0.315 e. The van der Waals surface area contributed by atoms with Gasteiger partial charge in [0.15, 0.2) is 0 Å². The molecule has 0 heterocycles.